The Bertz CT molecular complexity index is 336. The fourth-order valence-electron chi connectivity index (χ4n) is 1.80. The summed E-state index contributed by atoms with van der Waals surface area (Å²) >= 11 is 0. The first-order valence-electron chi connectivity index (χ1n) is 5.58. The van der Waals surface area contributed by atoms with Crippen molar-refractivity contribution in [3.05, 3.63) is 11.3 Å². The standard InChI is InChI=1S/C11H21N3O2/c1-5-6-12-7-9(15)10-8(2)13-14(3)11(10)16-4/h9,12,15H,5-7H2,1-4H3. The number of aliphatic hydroxyl groups excluding tert-OH is 1. The minimum atomic E-state index is -0.574. The lowest BCUT2D eigenvalue weighted by Crippen LogP contribution is -2.22. The molecule has 2 N–H and O–H groups in total. The Labute approximate surface area is 96.4 Å². The lowest BCUT2D eigenvalue weighted by atomic mass is 10.1. The second kappa shape index (κ2) is 5.86. The normalized spacial score (nSPS) is 12.8. The van der Waals surface area contributed by atoms with Gasteiger partial charge in [-0.3, -0.25) is 0 Å². The highest BCUT2D eigenvalue weighted by Crippen LogP contribution is 2.27. The van der Waals surface area contributed by atoms with Crippen molar-refractivity contribution in [1.82, 2.24) is 15.1 Å². The largest absolute Gasteiger partial charge is 0.481 e. The molecule has 5 nitrogen and oxygen atoms in total. The average molecular weight is 227 g/mol. The number of ether oxygens (including phenoxy) is 1. The van der Waals surface area contributed by atoms with Crippen molar-refractivity contribution in [2.24, 2.45) is 7.05 Å². The Hall–Kier alpha value is -1.07. The molecule has 0 saturated carbocycles. The van der Waals surface area contributed by atoms with Crippen molar-refractivity contribution in [3.63, 3.8) is 0 Å². The molecule has 0 bridgehead atoms. The predicted octanol–water partition coefficient (Wildman–Crippen LogP) is 0.770. The van der Waals surface area contributed by atoms with Gasteiger partial charge < -0.3 is 15.2 Å². The van der Waals surface area contributed by atoms with Gasteiger partial charge in [-0.2, -0.15) is 5.10 Å². The first-order valence-corrected chi connectivity index (χ1v) is 5.58. The van der Waals surface area contributed by atoms with Gasteiger partial charge >= 0.3 is 0 Å². The van der Waals surface area contributed by atoms with Crippen LogP contribution in [0.25, 0.3) is 0 Å². The highest BCUT2D eigenvalue weighted by molar-refractivity contribution is 5.33. The van der Waals surface area contributed by atoms with Crippen LogP contribution in [0.15, 0.2) is 0 Å². The van der Waals surface area contributed by atoms with E-state index in [4.69, 9.17) is 4.74 Å². The van der Waals surface area contributed by atoms with E-state index < -0.39 is 6.10 Å². The van der Waals surface area contributed by atoms with Crippen LogP contribution in [-0.4, -0.2) is 35.1 Å². The number of hydrogen-bond donors (Lipinski definition) is 2. The molecule has 1 aromatic heterocycles. The van der Waals surface area contributed by atoms with E-state index in [2.05, 4.69) is 17.3 Å². The summed E-state index contributed by atoms with van der Waals surface area (Å²) < 4.78 is 6.88. The Morgan fingerprint density at radius 3 is 2.81 bits per heavy atom. The Balaban J connectivity index is 2.77. The highest BCUT2D eigenvalue weighted by atomic mass is 16.5. The van der Waals surface area contributed by atoms with Crippen molar-refractivity contribution in [3.8, 4) is 5.88 Å². The number of methoxy groups -OCH3 is 1. The molecular weight excluding hydrogens is 206 g/mol. The molecule has 0 radical (unpaired) electrons. The number of nitrogens with zero attached hydrogens (tertiary/aromatic N) is 2. The fraction of sp³-hybridized carbons (Fsp3) is 0.727. The third kappa shape index (κ3) is 2.74. The van der Waals surface area contributed by atoms with Crippen LogP contribution >= 0.6 is 0 Å². The summed E-state index contributed by atoms with van der Waals surface area (Å²) in [6.07, 6.45) is 0.478. The predicted molar refractivity (Wildman–Crippen MR) is 62.6 cm³/mol. The van der Waals surface area contributed by atoms with Crippen molar-refractivity contribution >= 4 is 0 Å². The molecule has 5 heteroatoms. The van der Waals surface area contributed by atoms with Crippen LogP contribution in [0.5, 0.6) is 5.88 Å². The maximum atomic E-state index is 10.1. The van der Waals surface area contributed by atoms with Gasteiger partial charge in [0.1, 0.15) is 0 Å². The van der Waals surface area contributed by atoms with Crippen molar-refractivity contribution in [1.29, 1.82) is 0 Å². The van der Waals surface area contributed by atoms with Crippen molar-refractivity contribution in [2.45, 2.75) is 26.4 Å². The Morgan fingerprint density at radius 2 is 2.25 bits per heavy atom. The summed E-state index contributed by atoms with van der Waals surface area (Å²) in [4.78, 5) is 0. The summed E-state index contributed by atoms with van der Waals surface area (Å²) in [6, 6.07) is 0. The zero-order valence-electron chi connectivity index (χ0n) is 10.4. The van der Waals surface area contributed by atoms with Gasteiger partial charge in [-0.1, -0.05) is 6.92 Å². The lowest BCUT2D eigenvalue weighted by molar-refractivity contribution is 0.169. The highest BCUT2D eigenvalue weighted by Gasteiger charge is 2.20. The Morgan fingerprint density at radius 1 is 1.56 bits per heavy atom. The second-order valence-corrected chi connectivity index (χ2v) is 3.85. The van der Waals surface area contributed by atoms with Crippen LogP contribution in [-0.2, 0) is 7.05 Å². The van der Waals surface area contributed by atoms with Crippen LogP contribution in [0.2, 0.25) is 0 Å². The van der Waals surface area contributed by atoms with Crippen LogP contribution in [0.4, 0.5) is 0 Å². The van der Waals surface area contributed by atoms with Gasteiger partial charge in [0, 0.05) is 13.6 Å². The van der Waals surface area contributed by atoms with E-state index in [1.54, 1.807) is 11.8 Å². The Kier molecular flexibility index (Phi) is 4.76. The molecule has 0 saturated heterocycles. The monoisotopic (exact) mass is 227 g/mol. The smallest absolute Gasteiger partial charge is 0.217 e. The molecular formula is C11H21N3O2. The molecule has 92 valence electrons. The molecule has 0 aliphatic carbocycles. The quantitative estimate of drug-likeness (QED) is 0.705. The van der Waals surface area contributed by atoms with Crippen LogP contribution < -0.4 is 10.1 Å². The van der Waals surface area contributed by atoms with Gasteiger partial charge in [-0.25, -0.2) is 4.68 Å². The van der Waals surface area contributed by atoms with Gasteiger partial charge in [0.15, 0.2) is 0 Å². The zero-order valence-corrected chi connectivity index (χ0v) is 10.4. The maximum Gasteiger partial charge on any atom is 0.217 e. The molecule has 0 aliphatic heterocycles. The number of nitrogens with one attached hydrogen (secondary N) is 1. The number of rotatable bonds is 6. The van der Waals surface area contributed by atoms with Gasteiger partial charge in [0.2, 0.25) is 5.88 Å². The van der Waals surface area contributed by atoms with Gasteiger partial charge in [-0.15, -0.1) is 0 Å². The molecule has 1 rings (SSSR count). The molecule has 1 atom stereocenters. The summed E-state index contributed by atoms with van der Waals surface area (Å²) in [5.74, 6) is 0.628. The van der Waals surface area contributed by atoms with Crippen LogP contribution in [0, 0.1) is 6.92 Å². The van der Waals surface area contributed by atoms with Gasteiger partial charge in [0.05, 0.1) is 24.5 Å². The number of hydrogen-bond acceptors (Lipinski definition) is 4. The number of aryl methyl sites for hydroxylation is 2. The van der Waals surface area contributed by atoms with Crippen molar-refractivity contribution < 1.29 is 9.84 Å². The second-order valence-electron chi connectivity index (χ2n) is 3.85. The molecule has 0 spiro atoms. The molecule has 1 aromatic rings. The average Bonchev–Trinajstić information content (AvgIpc) is 2.53. The summed E-state index contributed by atoms with van der Waals surface area (Å²) in [5, 5.41) is 17.5. The van der Waals surface area contributed by atoms with Crippen molar-refractivity contribution in [2.75, 3.05) is 20.2 Å². The van der Waals surface area contributed by atoms with Gasteiger partial charge in [0.25, 0.3) is 0 Å². The van der Waals surface area contributed by atoms with E-state index in [9.17, 15) is 5.11 Å². The van der Waals surface area contributed by atoms with Crippen LogP contribution in [0.3, 0.4) is 0 Å². The third-order valence-corrected chi connectivity index (χ3v) is 2.51. The summed E-state index contributed by atoms with van der Waals surface area (Å²) in [7, 11) is 3.40. The van der Waals surface area contributed by atoms with Gasteiger partial charge in [-0.05, 0) is 19.9 Å². The zero-order chi connectivity index (χ0) is 12.1. The minimum absolute atomic E-state index is 0.525. The minimum Gasteiger partial charge on any atom is -0.481 e. The fourth-order valence-corrected chi connectivity index (χ4v) is 1.80. The third-order valence-electron chi connectivity index (χ3n) is 2.51. The van der Waals surface area contributed by atoms with E-state index in [0.717, 1.165) is 24.2 Å². The van der Waals surface area contributed by atoms with E-state index in [1.165, 1.54) is 0 Å². The summed E-state index contributed by atoms with van der Waals surface area (Å²) in [6.45, 7) is 5.39. The SMILES string of the molecule is CCCNCC(O)c1c(C)nn(C)c1OC. The molecule has 0 aliphatic rings. The maximum absolute atomic E-state index is 10.1. The molecule has 1 unspecified atom stereocenters. The molecule has 0 aromatic carbocycles. The first-order chi connectivity index (χ1) is 7.61. The van der Waals surface area contributed by atoms with Crippen LogP contribution in [0.1, 0.15) is 30.7 Å². The first kappa shape index (κ1) is 13.0. The number of aromatic nitrogens is 2. The summed E-state index contributed by atoms with van der Waals surface area (Å²) in [5.41, 5.74) is 1.58. The van der Waals surface area contributed by atoms with E-state index >= 15 is 0 Å². The molecule has 1 heterocycles. The molecule has 0 amide bonds. The van der Waals surface area contributed by atoms with E-state index in [1.807, 2.05) is 14.0 Å². The van der Waals surface area contributed by atoms with E-state index in [0.29, 0.717) is 12.4 Å². The molecule has 16 heavy (non-hydrogen) atoms. The molecule has 0 fully saturated rings. The topological polar surface area (TPSA) is 59.3 Å². The number of aliphatic hydroxyl groups is 1. The van der Waals surface area contributed by atoms with E-state index in [-0.39, 0.29) is 0 Å². The lowest BCUT2D eigenvalue weighted by Gasteiger charge is -2.12.